The quantitative estimate of drug-likeness (QED) is 0.690. The zero-order valence-electron chi connectivity index (χ0n) is 14.5. The molecule has 26 heavy (non-hydrogen) atoms. The number of anilines is 1. The number of halogens is 1. The Morgan fingerprint density at radius 2 is 2.04 bits per heavy atom. The number of hydrogen-bond acceptors (Lipinski definition) is 7. The number of aliphatic hydroxyl groups is 2. The predicted octanol–water partition coefficient (Wildman–Crippen LogP) is 1.95. The van der Waals surface area contributed by atoms with Crippen molar-refractivity contribution in [1.29, 1.82) is 0 Å². The Morgan fingerprint density at radius 1 is 1.19 bits per heavy atom. The average molecular weight is 382 g/mol. The SMILES string of the molecule is Nc1ncc(Cl)c(-c2cnn3c2C(O)CCCC3)n1.OC1CCCOC1. The molecule has 2 atom stereocenters. The van der Waals surface area contributed by atoms with Gasteiger partial charge in [0.15, 0.2) is 0 Å². The molecule has 4 heterocycles. The fourth-order valence-electron chi connectivity index (χ4n) is 3.14. The van der Waals surface area contributed by atoms with Gasteiger partial charge in [0.25, 0.3) is 0 Å². The monoisotopic (exact) mass is 381 g/mol. The minimum absolute atomic E-state index is 0.155. The number of nitrogens with two attached hydrogens (primary N) is 1. The van der Waals surface area contributed by atoms with Crippen molar-refractivity contribution in [3.63, 3.8) is 0 Å². The first-order valence-electron chi connectivity index (χ1n) is 8.84. The molecule has 2 aliphatic heterocycles. The van der Waals surface area contributed by atoms with Crippen LogP contribution in [-0.4, -0.2) is 49.3 Å². The van der Waals surface area contributed by atoms with Crippen molar-refractivity contribution in [1.82, 2.24) is 19.7 Å². The summed E-state index contributed by atoms with van der Waals surface area (Å²) in [5.74, 6) is 0.155. The maximum atomic E-state index is 10.3. The van der Waals surface area contributed by atoms with Crippen molar-refractivity contribution < 1.29 is 14.9 Å². The number of nitrogens with zero attached hydrogens (tertiary/aromatic N) is 4. The van der Waals surface area contributed by atoms with Gasteiger partial charge in [-0.3, -0.25) is 4.68 Å². The van der Waals surface area contributed by atoms with E-state index in [2.05, 4.69) is 15.1 Å². The molecule has 0 amide bonds. The number of ether oxygens (including phenoxy) is 1. The van der Waals surface area contributed by atoms with Crippen LogP contribution in [0.5, 0.6) is 0 Å². The largest absolute Gasteiger partial charge is 0.391 e. The van der Waals surface area contributed by atoms with Crippen molar-refractivity contribution in [2.75, 3.05) is 18.9 Å². The number of hydrogen-bond donors (Lipinski definition) is 3. The second-order valence-electron chi connectivity index (χ2n) is 6.47. The third kappa shape index (κ3) is 4.50. The summed E-state index contributed by atoms with van der Waals surface area (Å²) in [5, 5.41) is 23.8. The van der Waals surface area contributed by atoms with Gasteiger partial charge in [0.05, 0.1) is 47.6 Å². The van der Waals surface area contributed by atoms with Crippen LogP contribution in [0.15, 0.2) is 12.4 Å². The Hall–Kier alpha value is -1.74. The van der Waals surface area contributed by atoms with Gasteiger partial charge in [-0.05, 0) is 32.1 Å². The normalized spacial score (nSPS) is 22.7. The third-order valence-electron chi connectivity index (χ3n) is 4.45. The van der Waals surface area contributed by atoms with Crippen LogP contribution in [-0.2, 0) is 11.3 Å². The Bertz CT molecular complexity index is 733. The molecule has 0 saturated carbocycles. The predicted molar refractivity (Wildman–Crippen MR) is 97.5 cm³/mol. The summed E-state index contributed by atoms with van der Waals surface area (Å²) in [5.41, 5.74) is 7.62. The summed E-state index contributed by atoms with van der Waals surface area (Å²) in [6.45, 7) is 2.17. The lowest BCUT2D eigenvalue weighted by Crippen LogP contribution is -2.21. The van der Waals surface area contributed by atoms with E-state index in [0.717, 1.165) is 56.5 Å². The van der Waals surface area contributed by atoms with E-state index in [1.807, 2.05) is 4.68 Å². The zero-order chi connectivity index (χ0) is 18.5. The average Bonchev–Trinajstić information content (AvgIpc) is 2.97. The molecule has 2 aliphatic rings. The first kappa shape index (κ1) is 19.0. The molecule has 2 unspecified atom stereocenters. The molecule has 1 fully saturated rings. The molecule has 1 saturated heterocycles. The summed E-state index contributed by atoms with van der Waals surface area (Å²) in [6.07, 6.45) is 7.04. The summed E-state index contributed by atoms with van der Waals surface area (Å²) >= 11 is 6.12. The maximum Gasteiger partial charge on any atom is 0.220 e. The highest BCUT2D eigenvalue weighted by atomic mass is 35.5. The molecule has 0 aliphatic carbocycles. The molecular weight excluding hydrogens is 358 g/mol. The molecule has 4 N–H and O–H groups in total. The van der Waals surface area contributed by atoms with E-state index in [-0.39, 0.29) is 12.1 Å². The van der Waals surface area contributed by atoms with Crippen LogP contribution in [0, 0.1) is 0 Å². The van der Waals surface area contributed by atoms with Crippen molar-refractivity contribution in [3.05, 3.63) is 23.1 Å². The summed E-state index contributed by atoms with van der Waals surface area (Å²) in [4.78, 5) is 8.00. The fourth-order valence-corrected chi connectivity index (χ4v) is 3.33. The van der Waals surface area contributed by atoms with Gasteiger partial charge in [-0.1, -0.05) is 11.6 Å². The third-order valence-corrected chi connectivity index (χ3v) is 4.72. The van der Waals surface area contributed by atoms with Crippen molar-refractivity contribution in [2.45, 2.75) is 50.9 Å². The molecule has 0 bridgehead atoms. The van der Waals surface area contributed by atoms with Crippen LogP contribution in [0.25, 0.3) is 11.3 Å². The molecule has 2 aromatic rings. The van der Waals surface area contributed by atoms with Crippen LogP contribution in [0.1, 0.15) is 43.9 Å². The van der Waals surface area contributed by atoms with E-state index in [1.54, 1.807) is 6.20 Å². The van der Waals surface area contributed by atoms with Crippen LogP contribution < -0.4 is 5.73 Å². The number of rotatable bonds is 1. The number of fused-ring (bicyclic) bond motifs is 1. The van der Waals surface area contributed by atoms with Gasteiger partial charge in [0.1, 0.15) is 0 Å². The lowest BCUT2D eigenvalue weighted by atomic mass is 10.1. The number of nitrogen functional groups attached to an aromatic ring is 1. The van der Waals surface area contributed by atoms with E-state index in [1.165, 1.54) is 6.20 Å². The Labute approximate surface area is 157 Å². The van der Waals surface area contributed by atoms with Gasteiger partial charge in [-0.15, -0.1) is 0 Å². The lowest BCUT2D eigenvalue weighted by molar-refractivity contribution is -0.00535. The summed E-state index contributed by atoms with van der Waals surface area (Å²) in [7, 11) is 0. The fraction of sp³-hybridized carbons (Fsp3) is 0.588. The zero-order valence-corrected chi connectivity index (χ0v) is 15.3. The highest BCUT2D eigenvalue weighted by Gasteiger charge is 2.24. The molecular formula is C17H24ClN5O3. The first-order valence-corrected chi connectivity index (χ1v) is 9.22. The van der Waals surface area contributed by atoms with Gasteiger partial charge in [-0.25, -0.2) is 9.97 Å². The highest BCUT2D eigenvalue weighted by Crippen LogP contribution is 2.35. The minimum Gasteiger partial charge on any atom is -0.391 e. The lowest BCUT2D eigenvalue weighted by Gasteiger charge is -2.15. The van der Waals surface area contributed by atoms with Crippen molar-refractivity contribution in [3.8, 4) is 11.3 Å². The van der Waals surface area contributed by atoms with E-state index in [4.69, 9.17) is 27.2 Å². The number of aromatic nitrogens is 4. The molecule has 2 aromatic heterocycles. The van der Waals surface area contributed by atoms with Gasteiger partial charge >= 0.3 is 0 Å². The molecule has 8 nitrogen and oxygen atoms in total. The molecule has 4 rings (SSSR count). The van der Waals surface area contributed by atoms with Gasteiger partial charge in [-0.2, -0.15) is 5.10 Å². The van der Waals surface area contributed by atoms with E-state index >= 15 is 0 Å². The first-order chi connectivity index (χ1) is 12.6. The summed E-state index contributed by atoms with van der Waals surface area (Å²) < 4.78 is 6.75. The standard InChI is InChI=1S/C12H14ClN5O.C5H10O2/c13-8-6-15-12(14)17-10(8)7-5-16-18-4-2-1-3-9(19)11(7)18;6-5-2-1-3-7-4-5/h5-6,9,19H,1-4H2,(H2,14,15,17);5-6H,1-4H2. The second-order valence-corrected chi connectivity index (χ2v) is 6.88. The van der Waals surface area contributed by atoms with Gasteiger partial charge < -0.3 is 20.7 Å². The molecule has 142 valence electrons. The van der Waals surface area contributed by atoms with E-state index in [9.17, 15) is 5.11 Å². The number of aliphatic hydroxyl groups excluding tert-OH is 2. The number of aryl methyl sites for hydroxylation is 1. The Morgan fingerprint density at radius 3 is 2.73 bits per heavy atom. The van der Waals surface area contributed by atoms with Crippen molar-refractivity contribution in [2.24, 2.45) is 0 Å². The second kappa shape index (κ2) is 8.77. The van der Waals surface area contributed by atoms with Crippen LogP contribution >= 0.6 is 11.6 Å². The Balaban J connectivity index is 0.000000236. The van der Waals surface area contributed by atoms with E-state index < -0.39 is 6.10 Å². The smallest absolute Gasteiger partial charge is 0.220 e. The highest BCUT2D eigenvalue weighted by molar-refractivity contribution is 6.32. The maximum absolute atomic E-state index is 10.3. The molecule has 0 spiro atoms. The van der Waals surface area contributed by atoms with Gasteiger partial charge in [0.2, 0.25) is 5.95 Å². The van der Waals surface area contributed by atoms with Crippen LogP contribution in [0.3, 0.4) is 0 Å². The minimum atomic E-state index is -0.549. The summed E-state index contributed by atoms with van der Waals surface area (Å²) in [6, 6.07) is 0. The molecule has 9 heteroatoms. The van der Waals surface area contributed by atoms with Crippen LogP contribution in [0.4, 0.5) is 5.95 Å². The topological polar surface area (TPSA) is 119 Å². The van der Waals surface area contributed by atoms with Gasteiger partial charge in [0, 0.05) is 18.7 Å². The van der Waals surface area contributed by atoms with E-state index in [0.29, 0.717) is 17.3 Å². The van der Waals surface area contributed by atoms with Crippen LogP contribution in [0.2, 0.25) is 5.02 Å². The molecule has 0 aromatic carbocycles. The van der Waals surface area contributed by atoms with Crippen molar-refractivity contribution >= 4 is 17.5 Å². The Kier molecular flexibility index (Phi) is 6.42. The molecule has 0 radical (unpaired) electrons.